The van der Waals surface area contributed by atoms with Crippen molar-refractivity contribution in [2.24, 2.45) is 0 Å². The molecule has 0 aliphatic carbocycles. The van der Waals surface area contributed by atoms with E-state index in [1.54, 1.807) is 24.3 Å². The van der Waals surface area contributed by atoms with Crippen LogP contribution in [0.5, 0.6) is 17.2 Å². The molecule has 0 saturated carbocycles. The third kappa shape index (κ3) is 4.29. The summed E-state index contributed by atoms with van der Waals surface area (Å²) in [5.74, 6) is -0.712. The van der Waals surface area contributed by atoms with Crippen LogP contribution in [0.25, 0.3) is 22.3 Å². The first-order valence-corrected chi connectivity index (χ1v) is 10.1. The lowest BCUT2D eigenvalue weighted by Gasteiger charge is -2.38. The molecular formula is C23H22O11. The molecular weight excluding hydrogens is 452 g/mol. The quantitative estimate of drug-likeness (QED) is 0.381. The van der Waals surface area contributed by atoms with E-state index in [9.17, 15) is 30.0 Å². The Morgan fingerprint density at radius 2 is 1.65 bits per heavy atom. The minimum atomic E-state index is -1.78. The molecule has 1 aliphatic rings. The zero-order valence-electron chi connectivity index (χ0n) is 18.1. The van der Waals surface area contributed by atoms with Crippen molar-refractivity contribution < 1.29 is 48.6 Å². The number of ether oxygens (including phenoxy) is 4. The van der Waals surface area contributed by atoms with Gasteiger partial charge in [-0.05, 0) is 24.3 Å². The number of phenolic OH excluding ortho intramolecular Hbond substituents is 1. The molecule has 0 spiro atoms. The van der Waals surface area contributed by atoms with Crippen molar-refractivity contribution in [2.75, 3.05) is 14.2 Å². The number of hydrogen-bond donors (Lipinski definition) is 4. The molecule has 0 bridgehead atoms. The summed E-state index contributed by atoms with van der Waals surface area (Å²) >= 11 is 0. The number of fused-ring (bicyclic) bond motifs is 1. The van der Waals surface area contributed by atoms with Crippen LogP contribution in [0.3, 0.4) is 0 Å². The van der Waals surface area contributed by atoms with Gasteiger partial charge in [0.15, 0.2) is 11.5 Å². The summed E-state index contributed by atoms with van der Waals surface area (Å²) in [5.41, 5.74) is 0.0489. The number of aromatic hydroxyl groups is 1. The van der Waals surface area contributed by atoms with E-state index < -0.39 is 47.9 Å². The van der Waals surface area contributed by atoms with Crippen molar-refractivity contribution in [3.05, 3.63) is 52.7 Å². The largest absolute Gasteiger partial charge is 0.507 e. The first-order chi connectivity index (χ1) is 16.2. The molecule has 34 heavy (non-hydrogen) atoms. The van der Waals surface area contributed by atoms with Crippen molar-refractivity contribution >= 4 is 16.9 Å². The number of esters is 1. The van der Waals surface area contributed by atoms with E-state index in [0.29, 0.717) is 11.3 Å². The molecule has 11 heteroatoms. The van der Waals surface area contributed by atoms with Gasteiger partial charge in [0.05, 0.1) is 14.2 Å². The van der Waals surface area contributed by atoms with Gasteiger partial charge in [-0.3, -0.25) is 4.79 Å². The van der Waals surface area contributed by atoms with Gasteiger partial charge in [0.2, 0.25) is 6.29 Å². The Balaban J connectivity index is 1.69. The maximum atomic E-state index is 12.6. The van der Waals surface area contributed by atoms with Crippen molar-refractivity contribution in [3.63, 3.8) is 0 Å². The summed E-state index contributed by atoms with van der Waals surface area (Å²) in [6.07, 6.45) is -8.52. The van der Waals surface area contributed by atoms with Crippen LogP contribution in [0, 0.1) is 0 Å². The van der Waals surface area contributed by atoms with E-state index in [0.717, 1.165) is 13.2 Å². The third-order valence-electron chi connectivity index (χ3n) is 5.41. The van der Waals surface area contributed by atoms with E-state index in [4.69, 9.17) is 18.6 Å². The number of aliphatic hydroxyl groups is 3. The Morgan fingerprint density at radius 1 is 0.941 bits per heavy atom. The first-order valence-electron chi connectivity index (χ1n) is 10.1. The van der Waals surface area contributed by atoms with Crippen LogP contribution < -0.4 is 14.9 Å². The van der Waals surface area contributed by atoms with Gasteiger partial charge in [0.25, 0.3) is 0 Å². The van der Waals surface area contributed by atoms with Crippen LogP contribution >= 0.6 is 0 Å². The predicted octanol–water partition coefficient (Wildman–Crippen LogP) is 0.534. The lowest BCUT2D eigenvalue weighted by Crippen LogP contribution is -2.61. The lowest BCUT2D eigenvalue weighted by atomic mass is 9.99. The minimum absolute atomic E-state index is 0.0243. The second kappa shape index (κ2) is 9.31. The number of hydrogen-bond acceptors (Lipinski definition) is 11. The molecule has 2 aromatic carbocycles. The summed E-state index contributed by atoms with van der Waals surface area (Å²) < 4.78 is 26.3. The zero-order valence-corrected chi connectivity index (χ0v) is 18.1. The van der Waals surface area contributed by atoms with Gasteiger partial charge in [-0.15, -0.1) is 0 Å². The summed E-state index contributed by atoms with van der Waals surface area (Å²) in [7, 11) is 2.59. The molecule has 4 rings (SSSR count). The number of methoxy groups -OCH3 is 2. The van der Waals surface area contributed by atoms with Gasteiger partial charge < -0.3 is 43.8 Å². The fourth-order valence-corrected chi connectivity index (χ4v) is 3.60. The monoisotopic (exact) mass is 474 g/mol. The number of carbonyl (C=O) groups excluding carboxylic acids is 1. The van der Waals surface area contributed by atoms with Gasteiger partial charge in [-0.25, -0.2) is 4.79 Å². The average Bonchev–Trinajstić information content (AvgIpc) is 2.83. The molecule has 2 heterocycles. The Hall–Kier alpha value is -3.64. The van der Waals surface area contributed by atoms with Crippen molar-refractivity contribution in [1.29, 1.82) is 0 Å². The molecule has 0 radical (unpaired) electrons. The highest BCUT2D eigenvalue weighted by atomic mass is 16.7. The highest BCUT2D eigenvalue weighted by Gasteiger charge is 2.48. The fourth-order valence-electron chi connectivity index (χ4n) is 3.60. The maximum absolute atomic E-state index is 12.6. The molecule has 0 amide bonds. The van der Waals surface area contributed by atoms with Gasteiger partial charge in [0, 0.05) is 23.8 Å². The summed E-state index contributed by atoms with van der Waals surface area (Å²) in [6.45, 7) is 0. The molecule has 4 N–H and O–H groups in total. The first kappa shape index (κ1) is 23.5. The minimum Gasteiger partial charge on any atom is -0.507 e. The summed E-state index contributed by atoms with van der Waals surface area (Å²) in [6, 6.07) is 10.4. The number of benzene rings is 2. The van der Waals surface area contributed by atoms with E-state index >= 15 is 0 Å². The SMILES string of the molecule is COC(=O)C1OC(Oc2cc(O)c3c(=O)cc(-c4ccc(OC)cc4)oc3c2)C(O)C(O)C1O. The Kier molecular flexibility index (Phi) is 6.44. The Labute approximate surface area is 192 Å². The van der Waals surface area contributed by atoms with Crippen LogP contribution in [0.2, 0.25) is 0 Å². The standard InChI is InChI=1S/C23H22O11/c1-30-11-5-3-10(4-6-11)15-9-14(25)17-13(24)7-12(8-16(17)33-15)32-23-20(28)18(26)19(27)21(34-23)22(29)31-2/h3-9,18-21,23-24,26-28H,1-2H3. The average molecular weight is 474 g/mol. The van der Waals surface area contributed by atoms with E-state index in [-0.39, 0.29) is 22.5 Å². The highest BCUT2D eigenvalue weighted by molar-refractivity contribution is 5.86. The highest BCUT2D eigenvalue weighted by Crippen LogP contribution is 2.33. The lowest BCUT2D eigenvalue weighted by molar-refractivity contribution is -0.271. The van der Waals surface area contributed by atoms with Crippen molar-refractivity contribution in [3.8, 4) is 28.6 Å². The third-order valence-corrected chi connectivity index (χ3v) is 5.41. The van der Waals surface area contributed by atoms with Gasteiger partial charge in [-0.2, -0.15) is 0 Å². The molecule has 1 aliphatic heterocycles. The number of carbonyl (C=O) groups is 1. The second-order valence-electron chi connectivity index (χ2n) is 7.56. The van der Waals surface area contributed by atoms with E-state index in [1.165, 1.54) is 19.2 Å². The van der Waals surface area contributed by atoms with Crippen LogP contribution in [0.15, 0.2) is 51.7 Å². The molecule has 1 fully saturated rings. The van der Waals surface area contributed by atoms with E-state index in [2.05, 4.69) is 4.74 Å². The Bertz CT molecular complexity index is 1250. The van der Waals surface area contributed by atoms with Crippen LogP contribution in [-0.2, 0) is 14.3 Å². The van der Waals surface area contributed by atoms with Crippen LogP contribution in [-0.4, -0.2) is 71.3 Å². The maximum Gasteiger partial charge on any atom is 0.337 e. The van der Waals surface area contributed by atoms with Crippen LogP contribution in [0.1, 0.15) is 0 Å². The molecule has 1 saturated heterocycles. The number of aliphatic hydroxyl groups excluding tert-OH is 3. The molecule has 5 atom stereocenters. The van der Waals surface area contributed by atoms with Crippen LogP contribution in [0.4, 0.5) is 0 Å². The van der Waals surface area contributed by atoms with Gasteiger partial charge in [0.1, 0.15) is 52.3 Å². The van der Waals surface area contributed by atoms with Gasteiger partial charge in [-0.1, -0.05) is 0 Å². The molecule has 1 aromatic heterocycles. The summed E-state index contributed by atoms with van der Waals surface area (Å²) in [4.78, 5) is 24.5. The molecule has 3 aromatic rings. The molecule has 180 valence electrons. The smallest absolute Gasteiger partial charge is 0.337 e. The van der Waals surface area contributed by atoms with Crippen molar-refractivity contribution in [2.45, 2.75) is 30.7 Å². The Morgan fingerprint density at radius 3 is 2.29 bits per heavy atom. The topological polar surface area (TPSA) is 165 Å². The predicted molar refractivity (Wildman–Crippen MR) is 115 cm³/mol. The number of rotatable bonds is 5. The van der Waals surface area contributed by atoms with Gasteiger partial charge >= 0.3 is 5.97 Å². The fraction of sp³-hybridized carbons (Fsp3) is 0.304. The second-order valence-corrected chi connectivity index (χ2v) is 7.56. The zero-order chi connectivity index (χ0) is 24.6. The molecule has 11 nitrogen and oxygen atoms in total. The van der Waals surface area contributed by atoms with E-state index in [1.807, 2.05) is 0 Å². The van der Waals surface area contributed by atoms with Crippen molar-refractivity contribution in [1.82, 2.24) is 0 Å². The molecule has 5 unspecified atom stereocenters. The number of phenols is 1. The summed E-state index contributed by atoms with van der Waals surface area (Å²) in [5, 5.41) is 40.6. The normalized spacial score (nSPS) is 24.6.